The minimum Gasteiger partial charge on any atom is -0.494 e. The molecule has 3 heterocycles. The second-order valence-corrected chi connectivity index (χ2v) is 5.84. The smallest absolute Gasteiger partial charge is 0.368 e. The highest BCUT2D eigenvalue weighted by Crippen LogP contribution is 2.32. The number of rotatable bonds is 1. The second kappa shape index (κ2) is 4.69. The zero-order valence-corrected chi connectivity index (χ0v) is 13.2. The van der Waals surface area contributed by atoms with Crippen molar-refractivity contribution in [2.24, 2.45) is 9.98 Å². The fourth-order valence-electron chi connectivity index (χ4n) is 3.07. The van der Waals surface area contributed by atoms with Crippen molar-refractivity contribution in [2.75, 3.05) is 0 Å². The van der Waals surface area contributed by atoms with Crippen LogP contribution in [0, 0.1) is 19.3 Å². The largest absolute Gasteiger partial charge is 0.494 e. The first-order valence-corrected chi connectivity index (χ1v) is 7.34. The van der Waals surface area contributed by atoms with Crippen LogP contribution in [0.3, 0.4) is 0 Å². The summed E-state index contributed by atoms with van der Waals surface area (Å²) in [6, 6.07) is 2.28. The number of H-pyrrole nitrogens is 1. The minimum absolute atomic E-state index is 0.0335. The molecule has 2 amide bonds. The van der Waals surface area contributed by atoms with E-state index in [0.717, 1.165) is 10.1 Å². The van der Waals surface area contributed by atoms with Crippen molar-refractivity contribution < 1.29 is 20.1 Å². The Morgan fingerprint density at radius 3 is 2.56 bits per heavy atom. The molecule has 2 aromatic heterocycles. The molecular weight excluding hydrogens is 326 g/mol. The van der Waals surface area contributed by atoms with Crippen molar-refractivity contribution in [3.63, 3.8) is 0 Å². The molecule has 0 saturated carbocycles. The topological polar surface area (TPSA) is 147 Å². The van der Waals surface area contributed by atoms with Gasteiger partial charge in [0.15, 0.2) is 11.8 Å². The molecule has 25 heavy (non-hydrogen) atoms. The molecule has 0 atom stereocenters. The molecule has 5 N–H and O–H groups in total. The summed E-state index contributed by atoms with van der Waals surface area (Å²) in [5.74, 6) is -1.10. The van der Waals surface area contributed by atoms with Crippen LogP contribution in [0.15, 0.2) is 22.1 Å². The lowest BCUT2D eigenvalue weighted by molar-refractivity contribution is 0.256. The number of benzene rings is 1. The summed E-state index contributed by atoms with van der Waals surface area (Å²) in [6.45, 7) is 3.59. The van der Waals surface area contributed by atoms with Gasteiger partial charge in [0, 0.05) is 6.07 Å². The number of nitrogens with zero attached hydrogens (tertiary/aromatic N) is 3. The van der Waals surface area contributed by atoms with Gasteiger partial charge in [-0.05, 0) is 31.0 Å². The Morgan fingerprint density at radius 2 is 1.84 bits per heavy atom. The van der Waals surface area contributed by atoms with Crippen LogP contribution in [0.5, 0.6) is 17.6 Å². The minimum atomic E-state index is -0.656. The van der Waals surface area contributed by atoms with Gasteiger partial charge in [0.1, 0.15) is 10.8 Å². The Balaban J connectivity index is 2.25. The van der Waals surface area contributed by atoms with E-state index in [1.54, 1.807) is 13.0 Å². The monoisotopic (exact) mass is 339 g/mol. The maximum absolute atomic E-state index is 11.6. The summed E-state index contributed by atoms with van der Waals surface area (Å²) in [4.78, 5) is 21.6. The summed E-state index contributed by atoms with van der Waals surface area (Å²) in [7, 11) is 0. The Bertz CT molecular complexity index is 1280. The first kappa shape index (κ1) is 14.9. The van der Waals surface area contributed by atoms with Crippen molar-refractivity contribution >= 4 is 16.8 Å². The number of hydrogen-bond donors (Lipinski definition) is 5. The average Bonchev–Trinajstić information content (AvgIpc) is 3.02. The Morgan fingerprint density at radius 1 is 1.12 bits per heavy atom. The Hall–Kier alpha value is -3.62. The molecule has 0 aliphatic carbocycles. The van der Waals surface area contributed by atoms with Gasteiger partial charge in [-0.2, -0.15) is 9.98 Å². The van der Waals surface area contributed by atoms with Gasteiger partial charge in [0.25, 0.3) is 0 Å². The summed E-state index contributed by atoms with van der Waals surface area (Å²) in [5, 5.41) is 39.4. The first-order valence-electron chi connectivity index (χ1n) is 7.34. The number of hydrogen-bond acceptors (Lipinski definition) is 5. The SMILES string of the molecule is Cc1cc2c(c(-n3c(O)cc4c(O)[nH]c(O)c4c3=N)c1C)=NC(=O)N=2. The molecule has 9 heteroatoms. The summed E-state index contributed by atoms with van der Waals surface area (Å²) < 4.78 is 1.16. The highest BCUT2D eigenvalue weighted by Gasteiger charge is 2.21. The van der Waals surface area contributed by atoms with E-state index in [1.165, 1.54) is 6.07 Å². The zero-order chi connectivity index (χ0) is 18.0. The highest BCUT2D eigenvalue weighted by atomic mass is 16.3. The number of urea groups is 1. The number of fused-ring (bicyclic) bond motifs is 2. The maximum Gasteiger partial charge on any atom is 0.368 e. The summed E-state index contributed by atoms with van der Waals surface area (Å²) in [5.41, 5.74) is 1.55. The van der Waals surface area contributed by atoms with Gasteiger partial charge in [-0.15, -0.1) is 0 Å². The predicted molar refractivity (Wildman–Crippen MR) is 85.7 cm³/mol. The lowest BCUT2D eigenvalue weighted by Crippen LogP contribution is -2.33. The fourth-order valence-corrected chi connectivity index (χ4v) is 3.07. The number of carbonyl (C=O) groups is 1. The molecule has 4 rings (SSSR count). The average molecular weight is 339 g/mol. The van der Waals surface area contributed by atoms with Crippen LogP contribution in [0.4, 0.5) is 4.79 Å². The predicted octanol–water partition coefficient (Wildman–Crippen LogP) is 0.545. The quantitative estimate of drug-likeness (QED) is 0.440. The molecule has 0 spiro atoms. The molecule has 1 aliphatic heterocycles. The van der Waals surface area contributed by atoms with E-state index in [0.29, 0.717) is 16.6 Å². The van der Waals surface area contributed by atoms with Crippen LogP contribution in [0.1, 0.15) is 11.1 Å². The van der Waals surface area contributed by atoms with Gasteiger partial charge in [-0.1, -0.05) is 0 Å². The van der Waals surface area contributed by atoms with E-state index >= 15 is 0 Å². The number of aromatic hydroxyl groups is 3. The molecule has 0 unspecified atom stereocenters. The molecule has 126 valence electrons. The number of carbonyl (C=O) groups excluding carboxylic acids is 1. The van der Waals surface area contributed by atoms with E-state index in [2.05, 4.69) is 15.0 Å². The molecule has 0 radical (unpaired) electrons. The number of pyridine rings is 1. The van der Waals surface area contributed by atoms with Crippen molar-refractivity contribution in [2.45, 2.75) is 13.8 Å². The van der Waals surface area contributed by atoms with Crippen molar-refractivity contribution in [3.05, 3.63) is 39.5 Å². The fraction of sp³-hybridized carbons (Fsp3) is 0.125. The van der Waals surface area contributed by atoms with Crippen molar-refractivity contribution in [1.82, 2.24) is 9.55 Å². The Kier molecular flexibility index (Phi) is 2.81. The van der Waals surface area contributed by atoms with E-state index < -0.39 is 11.9 Å². The standard InChI is InChI=1S/C16H13N5O4/c1-5-3-8-11(19-16(25)18-8)12(6(5)2)21-9(22)4-7-10(13(21)17)15(24)20-14(7)23/h3-4,17,20,22-24H,1-2H3. The molecule has 0 bridgehead atoms. The van der Waals surface area contributed by atoms with Gasteiger partial charge in [-0.25, -0.2) is 4.79 Å². The third kappa shape index (κ3) is 1.89. The van der Waals surface area contributed by atoms with Crippen LogP contribution in [-0.2, 0) is 0 Å². The van der Waals surface area contributed by atoms with Crippen LogP contribution in [0.25, 0.3) is 16.5 Å². The lowest BCUT2D eigenvalue weighted by atomic mass is 10.1. The van der Waals surface area contributed by atoms with Gasteiger partial charge in [0.2, 0.25) is 5.88 Å². The molecule has 3 aromatic rings. The van der Waals surface area contributed by atoms with Crippen LogP contribution in [0.2, 0.25) is 0 Å². The van der Waals surface area contributed by atoms with Gasteiger partial charge in [-0.3, -0.25) is 15.0 Å². The van der Waals surface area contributed by atoms with Gasteiger partial charge >= 0.3 is 6.03 Å². The van der Waals surface area contributed by atoms with Crippen molar-refractivity contribution in [1.29, 1.82) is 5.41 Å². The van der Waals surface area contributed by atoms with E-state index in [-0.39, 0.29) is 33.4 Å². The van der Waals surface area contributed by atoms with Gasteiger partial charge < -0.3 is 15.3 Å². The van der Waals surface area contributed by atoms with Crippen molar-refractivity contribution in [3.8, 4) is 23.3 Å². The third-order valence-electron chi connectivity index (χ3n) is 4.38. The third-order valence-corrected chi connectivity index (χ3v) is 4.38. The number of amides is 2. The summed E-state index contributed by atoms with van der Waals surface area (Å²) >= 11 is 0. The van der Waals surface area contributed by atoms with Crippen LogP contribution < -0.4 is 16.2 Å². The zero-order valence-electron chi connectivity index (χ0n) is 13.2. The van der Waals surface area contributed by atoms with E-state index in [9.17, 15) is 20.1 Å². The normalized spacial score (nSPS) is 13.0. The maximum atomic E-state index is 11.6. The number of aryl methyl sites for hydroxylation is 1. The number of aromatic nitrogens is 2. The second-order valence-electron chi connectivity index (χ2n) is 5.84. The van der Waals surface area contributed by atoms with E-state index in [4.69, 9.17) is 5.41 Å². The number of aromatic amines is 1. The lowest BCUT2D eigenvalue weighted by Gasteiger charge is -2.14. The molecule has 1 aliphatic rings. The molecule has 1 aromatic carbocycles. The molecule has 0 saturated heterocycles. The van der Waals surface area contributed by atoms with E-state index in [1.807, 2.05) is 6.92 Å². The Labute approximate surface area is 139 Å². The summed E-state index contributed by atoms with van der Waals surface area (Å²) in [6.07, 6.45) is 0. The molecule has 0 fully saturated rings. The molecule has 9 nitrogen and oxygen atoms in total. The van der Waals surface area contributed by atoms with Gasteiger partial charge in [0.05, 0.1) is 21.8 Å². The van der Waals surface area contributed by atoms with Crippen LogP contribution in [-0.4, -0.2) is 30.9 Å². The van der Waals surface area contributed by atoms with Crippen LogP contribution >= 0.6 is 0 Å². The number of nitrogens with one attached hydrogen (secondary N) is 2. The first-order chi connectivity index (χ1) is 11.8. The molecular formula is C16H13N5O4. The highest BCUT2D eigenvalue weighted by molar-refractivity contribution is 5.92.